The van der Waals surface area contributed by atoms with E-state index in [2.05, 4.69) is 20.6 Å². The molecule has 2 aromatic heterocycles. The standard InChI is InChI=1S/C15H12Cl2N4O/c16-10-3-4-13(12(17)8-10)20-14-5-6-18-15(21-14)19-9-11-2-1-7-22-11/h1-8H,9H2,(H2,18,19,20,21). The van der Waals surface area contributed by atoms with Gasteiger partial charge in [0.1, 0.15) is 11.6 Å². The molecule has 0 radical (unpaired) electrons. The zero-order valence-electron chi connectivity index (χ0n) is 11.4. The maximum Gasteiger partial charge on any atom is 0.224 e. The van der Waals surface area contributed by atoms with Crippen LogP contribution >= 0.6 is 23.2 Å². The van der Waals surface area contributed by atoms with Crippen LogP contribution in [0.3, 0.4) is 0 Å². The maximum absolute atomic E-state index is 6.13. The Morgan fingerprint density at radius 2 is 2.05 bits per heavy atom. The van der Waals surface area contributed by atoms with Gasteiger partial charge < -0.3 is 15.1 Å². The molecule has 3 rings (SSSR count). The minimum absolute atomic E-state index is 0.492. The fourth-order valence-corrected chi connectivity index (χ4v) is 2.28. The van der Waals surface area contributed by atoms with Crippen LogP contribution in [0.1, 0.15) is 5.76 Å². The molecule has 5 nitrogen and oxygen atoms in total. The fourth-order valence-electron chi connectivity index (χ4n) is 1.82. The van der Waals surface area contributed by atoms with E-state index in [1.807, 2.05) is 12.1 Å². The number of nitrogens with one attached hydrogen (secondary N) is 2. The van der Waals surface area contributed by atoms with Crippen molar-refractivity contribution in [2.75, 3.05) is 10.6 Å². The Balaban J connectivity index is 1.70. The van der Waals surface area contributed by atoms with Crippen molar-refractivity contribution in [1.29, 1.82) is 0 Å². The number of halogens is 2. The molecule has 0 aliphatic heterocycles. The smallest absolute Gasteiger partial charge is 0.224 e. The van der Waals surface area contributed by atoms with Crippen LogP contribution in [0.2, 0.25) is 10.0 Å². The summed E-state index contributed by atoms with van der Waals surface area (Å²) in [6.45, 7) is 0.512. The van der Waals surface area contributed by atoms with Gasteiger partial charge in [-0.3, -0.25) is 0 Å². The number of anilines is 3. The summed E-state index contributed by atoms with van der Waals surface area (Å²) < 4.78 is 5.24. The van der Waals surface area contributed by atoms with Gasteiger partial charge in [-0.05, 0) is 36.4 Å². The van der Waals surface area contributed by atoms with E-state index in [0.717, 1.165) is 11.4 Å². The molecule has 2 heterocycles. The van der Waals surface area contributed by atoms with E-state index in [0.29, 0.717) is 28.4 Å². The molecule has 0 amide bonds. The number of nitrogens with zero attached hydrogens (tertiary/aromatic N) is 2. The first-order valence-corrected chi connectivity index (χ1v) is 7.28. The Hall–Kier alpha value is -2.24. The Kier molecular flexibility index (Phi) is 4.46. The van der Waals surface area contributed by atoms with Gasteiger partial charge in [-0.2, -0.15) is 4.98 Å². The molecule has 0 unspecified atom stereocenters. The summed E-state index contributed by atoms with van der Waals surface area (Å²) >= 11 is 12.0. The molecule has 0 saturated carbocycles. The summed E-state index contributed by atoms with van der Waals surface area (Å²) in [7, 11) is 0. The number of aromatic nitrogens is 2. The van der Waals surface area contributed by atoms with Gasteiger partial charge in [0.15, 0.2) is 0 Å². The predicted octanol–water partition coefficient (Wildman–Crippen LogP) is 4.73. The second-order valence-electron chi connectivity index (χ2n) is 4.45. The van der Waals surface area contributed by atoms with Crippen LogP contribution < -0.4 is 10.6 Å². The molecular weight excluding hydrogens is 323 g/mol. The molecule has 1 aromatic carbocycles. The molecule has 22 heavy (non-hydrogen) atoms. The molecule has 3 aromatic rings. The minimum atomic E-state index is 0.492. The van der Waals surface area contributed by atoms with Gasteiger partial charge in [0.05, 0.1) is 23.5 Å². The molecule has 0 saturated heterocycles. The molecular formula is C15H12Cl2N4O. The van der Waals surface area contributed by atoms with Gasteiger partial charge in [-0.25, -0.2) is 4.98 Å². The van der Waals surface area contributed by atoms with E-state index in [1.54, 1.807) is 36.7 Å². The lowest BCUT2D eigenvalue weighted by atomic mass is 10.3. The predicted molar refractivity (Wildman–Crippen MR) is 87.8 cm³/mol. The first-order chi connectivity index (χ1) is 10.7. The van der Waals surface area contributed by atoms with Crippen molar-refractivity contribution >= 4 is 40.7 Å². The van der Waals surface area contributed by atoms with Gasteiger partial charge >= 0.3 is 0 Å². The SMILES string of the molecule is Clc1ccc(Nc2ccnc(NCc3ccco3)n2)c(Cl)c1. The van der Waals surface area contributed by atoms with Gasteiger partial charge in [0.25, 0.3) is 0 Å². The van der Waals surface area contributed by atoms with E-state index in [-0.39, 0.29) is 0 Å². The molecule has 0 bridgehead atoms. The largest absolute Gasteiger partial charge is 0.467 e. The molecule has 0 atom stereocenters. The van der Waals surface area contributed by atoms with Crippen LogP contribution in [0, 0.1) is 0 Å². The van der Waals surface area contributed by atoms with Crippen LogP contribution in [-0.2, 0) is 6.54 Å². The molecule has 2 N–H and O–H groups in total. The molecule has 7 heteroatoms. The van der Waals surface area contributed by atoms with Gasteiger partial charge in [-0.15, -0.1) is 0 Å². The van der Waals surface area contributed by atoms with E-state index >= 15 is 0 Å². The molecule has 112 valence electrons. The third kappa shape index (κ3) is 3.69. The Morgan fingerprint density at radius 1 is 1.14 bits per heavy atom. The highest BCUT2D eigenvalue weighted by Crippen LogP contribution is 2.27. The zero-order chi connectivity index (χ0) is 15.4. The lowest BCUT2D eigenvalue weighted by molar-refractivity contribution is 0.517. The molecule has 0 aliphatic rings. The van der Waals surface area contributed by atoms with Crippen LogP contribution in [0.25, 0.3) is 0 Å². The third-order valence-electron chi connectivity index (χ3n) is 2.85. The van der Waals surface area contributed by atoms with Crippen molar-refractivity contribution in [3.8, 4) is 0 Å². The maximum atomic E-state index is 6.13. The third-order valence-corrected chi connectivity index (χ3v) is 3.40. The van der Waals surface area contributed by atoms with E-state index in [1.165, 1.54) is 0 Å². The molecule has 0 fully saturated rings. The summed E-state index contributed by atoms with van der Waals surface area (Å²) in [6, 6.07) is 10.7. The van der Waals surface area contributed by atoms with Crippen LogP contribution in [0.15, 0.2) is 53.3 Å². The average Bonchev–Trinajstić information content (AvgIpc) is 3.02. The van der Waals surface area contributed by atoms with Gasteiger partial charge in [0, 0.05) is 11.2 Å². The number of hydrogen-bond acceptors (Lipinski definition) is 5. The Morgan fingerprint density at radius 3 is 2.82 bits per heavy atom. The number of rotatable bonds is 5. The van der Waals surface area contributed by atoms with Crippen molar-refractivity contribution in [2.24, 2.45) is 0 Å². The van der Waals surface area contributed by atoms with E-state index < -0.39 is 0 Å². The Labute approximate surface area is 137 Å². The number of hydrogen-bond donors (Lipinski definition) is 2. The highest BCUT2D eigenvalue weighted by molar-refractivity contribution is 6.36. The van der Waals surface area contributed by atoms with Crippen LogP contribution in [-0.4, -0.2) is 9.97 Å². The number of furan rings is 1. The van der Waals surface area contributed by atoms with E-state index in [9.17, 15) is 0 Å². The van der Waals surface area contributed by atoms with Crippen molar-refractivity contribution in [2.45, 2.75) is 6.54 Å². The lowest BCUT2D eigenvalue weighted by Gasteiger charge is -2.09. The highest BCUT2D eigenvalue weighted by atomic mass is 35.5. The topological polar surface area (TPSA) is 63.0 Å². The lowest BCUT2D eigenvalue weighted by Crippen LogP contribution is -2.04. The normalized spacial score (nSPS) is 10.5. The first kappa shape index (κ1) is 14.7. The summed E-state index contributed by atoms with van der Waals surface area (Å²) in [4.78, 5) is 8.52. The van der Waals surface area contributed by atoms with Crippen LogP contribution in [0.4, 0.5) is 17.5 Å². The molecule has 0 spiro atoms. The van der Waals surface area contributed by atoms with Gasteiger partial charge in [-0.1, -0.05) is 23.2 Å². The van der Waals surface area contributed by atoms with E-state index in [4.69, 9.17) is 27.6 Å². The Bertz CT molecular complexity index is 762. The second-order valence-corrected chi connectivity index (χ2v) is 5.29. The summed E-state index contributed by atoms with van der Waals surface area (Å²) in [5, 5.41) is 7.32. The first-order valence-electron chi connectivity index (χ1n) is 6.52. The highest BCUT2D eigenvalue weighted by Gasteiger charge is 2.04. The summed E-state index contributed by atoms with van der Waals surface area (Å²) in [5.41, 5.74) is 0.724. The quantitative estimate of drug-likeness (QED) is 0.706. The molecule has 0 aliphatic carbocycles. The zero-order valence-corrected chi connectivity index (χ0v) is 12.9. The summed E-state index contributed by atoms with van der Waals surface area (Å²) in [6.07, 6.45) is 3.28. The minimum Gasteiger partial charge on any atom is -0.467 e. The summed E-state index contributed by atoms with van der Waals surface area (Å²) in [5.74, 6) is 1.93. The monoisotopic (exact) mass is 334 g/mol. The van der Waals surface area contributed by atoms with Crippen molar-refractivity contribution < 1.29 is 4.42 Å². The average molecular weight is 335 g/mol. The second kappa shape index (κ2) is 6.68. The van der Waals surface area contributed by atoms with Crippen molar-refractivity contribution in [1.82, 2.24) is 9.97 Å². The van der Waals surface area contributed by atoms with Crippen LogP contribution in [0.5, 0.6) is 0 Å². The fraction of sp³-hybridized carbons (Fsp3) is 0.0667. The van der Waals surface area contributed by atoms with Crippen molar-refractivity contribution in [3.63, 3.8) is 0 Å². The number of benzene rings is 1. The van der Waals surface area contributed by atoms with Crippen molar-refractivity contribution in [3.05, 3.63) is 64.7 Å². The van der Waals surface area contributed by atoms with Gasteiger partial charge in [0.2, 0.25) is 5.95 Å².